The maximum Gasteiger partial charge on any atom is 0.285 e. The van der Waals surface area contributed by atoms with Crippen LogP contribution in [0, 0.1) is 5.92 Å². The second kappa shape index (κ2) is 4.87. The SMILES string of the molecule is CC1CCCCC1Nc1cn[nH]c(=O)c1Cl. The number of nitrogens with zero attached hydrogens (tertiary/aromatic N) is 1. The summed E-state index contributed by atoms with van der Waals surface area (Å²) < 4.78 is 0. The number of aromatic nitrogens is 2. The molecule has 0 radical (unpaired) electrons. The fourth-order valence-corrected chi connectivity index (χ4v) is 2.36. The fourth-order valence-electron chi connectivity index (χ4n) is 2.21. The van der Waals surface area contributed by atoms with Crippen LogP contribution < -0.4 is 10.9 Å². The Balaban J connectivity index is 2.14. The van der Waals surface area contributed by atoms with Gasteiger partial charge in [-0.3, -0.25) is 4.79 Å². The van der Waals surface area contributed by atoms with Gasteiger partial charge in [-0.2, -0.15) is 5.10 Å². The van der Waals surface area contributed by atoms with Gasteiger partial charge in [-0.15, -0.1) is 0 Å². The molecule has 1 heterocycles. The van der Waals surface area contributed by atoms with Crippen LogP contribution in [-0.2, 0) is 0 Å². The molecular formula is C11H16ClN3O. The van der Waals surface area contributed by atoms with E-state index in [1.807, 2.05) is 0 Å². The second-order valence-corrected chi connectivity index (χ2v) is 4.82. The third-order valence-corrected chi connectivity index (χ3v) is 3.62. The van der Waals surface area contributed by atoms with Crippen molar-refractivity contribution >= 4 is 17.3 Å². The van der Waals surface area contributed by atoms with E-state index in [4.69, 9.17) is 11.6 Å². The van der Waals surface area contributed by atoms with Gasteiger partial charge >= 0.3 is 0 Å². The smallest absolute Gasteiger partial charge is 0.285 e. The predicted octanol–water partition coefficient (Wildman–Crippen LogP) is 2.41. The van der Waals surface area contributed by atoms with Gasteiger partial charge < -0.3 is 5.32 Å². The van der Waals surface area contributed by atoms with Crippen LogP contribution in [0.3, 0.4) is 0 Å². The zero-order valence-corrected chi connectivity index (χ0v) is 10.0. The van der Waals surface area contributed by atoms with E-state index < -0.39 is 0 Å². The molecule has 1 aromatic rings. The van der Waals surface area contributed by atoms with E-state index in [0.717, 1.165) is 6.42 Å². The Kier molecular flexibility index (Phi) is 3.49. The molecule has 0 spiro atoms. The average molecular weight is 242 g/mol. The van der Waals surface area contributed by atoms with Crippen molar-refractivity contribution in [1.82, 2.24) is 10.2 Å². The van der Waals surface area contributed by atoms with Crippen molar-refractivity contribution in [3.8, 4) is 0 Å². The summed E-state index contributed by atoms with van der Waals surface area (Å²) >= 11 is 5.91. The molecule has 4 nitrogen and oxygen atoms in total. The zero-order valence-electron chi connectivity index (χ0n) is 9.29. The second-order valence-electron chi connectivity index (χ2n) is 4.44. The van der Waals surface area contributed by atoms with Gasteiger partial charge in [0.2, 0.25) is 0 Å². The Labute approximate surface area is 99.4 Å². The molecule has 2 N–H and O–H groups in total. The minimum absolute atomic E-state index is 0.202. The standard InChI is InChI=1S/C11H16ClN3O/c1-7-4-2-3-5-8(7)14-9-6-13-15-11(16)10(9)12/h6-8H,2-5H2,1H3,(H2,14,15,16). The van der Waals surface area contributed by atoms with Gasteiger partial charge in [-0.1, -0.05) is 31.4 Å². The minimum atomic E-state index is -0.338. The van der Waals surface area contributed by atoms with Crippen LogP contribution in [0.4, 0.5) is 5.69 Å². The van der Waals surface area contributed by atoms with Crippen molar-refractivity contribution in [2.24, 2.45) is 5.92 Å². The first-order valence-corrected chi connectivity index (χ1v) is 6.06. The summed E-state index contributed by atoms with van der Waals surface area (Å²) in [5, 5.41) is 9.59. The third-order valence-electron chi connectivity index (χ3n) is 3.25. The first-order chi connectivity index (χ1) is 7.68. The molecule has 88 valence electrons. The molecule has 1 aliphatic carbocycles. The molecule has 1 aliphatic rings. The Morgan fingerprint density at radius 1 is 1.50 bits per heavy atom. The topological polar surface area (TPSA) is 57.8 Å². The number of nitrogens with one attached hydrogen (secondary N) is 2. The molecule has 16 heavy (non-hydrogen) atoms. The minimum Gasteiger partial charge on any atom is -0.379 e. The number of H-pyrrole nitrogens is 1. The van der Waals surface area contributed by atoms with Crippen molar-refractivity contribution < 1.29 is 0 Å². The highest BCUT2D eigenvalue weighted by atomic mass is 35.5. The summed E-state index contributed by atoms with van der Waals surface area (Å²) in [6.45, 7) is 2.23. The maximum absolute atomic E-state index is 11.3. The summed E-state index contributed by atoms with van der Waals surface area (Å²) in [6, 6.07) is 0.398. The lowest BCUT2D eigenvalue weighted by atomic mass is 9.86. The molecule has 0 bridgehead atoms. The quantitative estimate of drug-likeness (QED) is 0.836. The molecule has 1 saturated carbocycles. The largest absolute Gasteiger partial charge is 0.379 e. The molecule has 0 aliphatic heterocycles. The van der Waals surface area contributed by atoms with E-state index in [2.05, 4.69) is 22.4 Å². The van der Waals surface area contributed by atoms with Crippen LogP contribution in [0.5, 0.6) is 0 Å². The van der Waals surface area contributed by atoms with E-state index >= 15 is 0 Å². The molecule has 2 rings (SSSR count). The van der Waals surface area contributed by atoms with Crippen LogP contribution in [-0.4, -0.2) is 16.2 Å². The number of hydrogen-bond donors (Lipinski definition) is 2. The predicted molar refractivity (Wildman–Crippen MR) is 64.9 cm³/mol. The van der Waals surface area contributed by atoms with E-state index in [1.165, 1.54) is 19.3 Å². The molecule has 2 unspecified atom stereocenters. The Morgan fingerprint density at radius 2 is 2.25 bits per heavy atom. The molecule has 2 atom stereocenters. The summed E-state index contributed by atoms with van der Waals surface area (Å²) in [7, 11) is 0. The third kappa shape index (κ3) is 2.38. The van der Waals surface area contributed by atoms with Crippen LogP contribution in [0.2, 0.25) is 5.02 Å². The molecule has 0 saturated heterocycles. The number of anilines is 1. The summed E-state index contributed by atoms with van der Waals surface area (Å²) in [5.41, 5.74) is 0.305. The lowest BCUT2D eigenvalue weighted by Crippen LogP contribution is -2.31. The molecule has 0 amide bonds. The highest BCUT2D eigenvalue weighted by Gasteiger charge is 2.22. The molecular weight excluding hydrogens is 226 g/mol. The Morgan fingerprint density at radius 3 is 3.00 bits per heavy atom. The van der Waals surface area contributed by atoms with Gasteiger partial charge in [0, 0.05) is 6.04 Å². The number of rotatable bonds is 2. The Hall–Kier alpha value is -1.03. The lowest BCUT2D eigenvalue weighted by molar-refractivity contribution is 0.349. The average Bonchev–Trinajstić information content (AvgIpc) is 2.28. The van der Waals surface area contributed by atoms with Crippen molar-refractivity contribution in [3.05, 3.63) is 21.6 Å². The van der Waals surface area contributed by atoms with Gasteiger partial charge in [0.15, 0.2) is 0 Å². The van der Waals surface area contributed by atoms with E-state index in [-0.39, 0.29) is 10.6 Å². The van der Waals surface area contributed by atoms with Gasteiger partial charge in [-0.25, -0.2) is 5.10 Å². The van der Waals surface area contributed by atoms with Crippen LogP contribution >= 0.6 is 11.6 Å². The highest BCUT2D eigenvalue weighted by Crippen LogP contribution is 2.27. The van der Waals surface area contributed by atoms with Crippen molar-refractivity contribution in [3.63, 3.8) is 0 Å². The van der Waals surface area contributed by atoms with Crippen LogP contribution in [0.25, 0.3) is 0 Å². The first-order valence-electron chi connectivity index (χ1n) is 5.68. The zero-order chi connectivity index (χ0) is 11.5. The maximum atomic E-state index is 11.3. The molecule has 0 aromatic carbocycles. The van der Waals surface area contributed by atoms with Crippen molar-refractivity contribution in [2.45, 2.75) is 38.6 Å². The molecule has 1 fully saturated rings. The van der Waals surface area contributed by atoms with Gasteiger partial charge in [0.25, 0.3) is 5.56 Å². The first kappa shape index (κ1) is 11.5. The van der Waals surface area contributed by atoms with E-state index in [1.54, 1.807) is 6.20 Å². The highest BCUT2D eigenvalue weighted by molar-refractivity contribution is 6.32. The number of aromatic amines is 1. The van der Waals surface area contributed by atoms with Crippen molar-refractivity contribution in [1.29, 1.82) is 0 Å². The molecule has 1 aromatic heterocycles. The Bertz CT molecular complexity index is 418. The fraction of sp³-hybridized carbons (Fsp3) is 0.636. The van der Waals surface area contributed by atoms with Crippen LogP contribution in [0.1, 0.15) is 32.6 Å². The lowest BCUT2D eigenvalue weighted by Gasteiger charge is -2.30. The van der Waals surface area contributed by atoms with E-state index in [9.17, 15) is 4.79 Å². The van der Waals surface area contributed by atoms with Gasteiger partial charge in [0.05, 0.1) is 11.9 Å². The normalized spacial score (nSPS) is 25.4. The van der Waals surface area contributed by atoms with Gasteiger partial charge in [0.1, 0.15) is 5.02 Å². The summed E-state index contributed by atoms with van der Waals surface area (Å²) in [6.07, 6.45) is 6.46. The number of halogens is 1. The van der Waals surface area contributed by atoms with Crippen LogP contribution in [0.15, 0.2) is 11.0 Å². The monoisotopic (exact) mass is 241 g/mol. The van der Waals surface area contributed by atoms with E-state index in [0.29, 0.717) is 17.6 Å². The number of hydrogen-bond acceptors (Lipinski definition) is 3. The molecule has 5 heteroatoms. The summed E-state index contributed by atoms with van der Waals surface area (Å²) in [4.78, 5) is 11.3. The van der Waals surface area contributed by atoms with Crippen molar-refractivity contribution in [2.75, 3.05) is 5.32 Å². The summed E-state index contributed by atoms with van der Waals surface area (Å²) in [5.74, 6) is 0.615. The van der Waals surface area contributed by atoms with Gasteiger partial charge in [-0.05, 0) is 18.8 Å².